The SMILES string of the molecule is C=N/C(=C\SCNc1ccc(OC2CCCCCC2)c(C(F)(F)F)c1)c1cnccn1. The Bertz CT molecular complexity index is 882. The van der Waals surface area contributed by atoms with Crippen molar-refractivity contribution < 1.29 is 17.9 Å². The average molecular weight is 451 g/mol. The van der Waals surface area contributed by atoms with Crippen molar-refractivity contribution in [1.82, 2.24) is 9.97 Å². The van der Waals surface area contributed by atoms with Gasteiger partial charge in [0.25, 0.3) is 0 Å². The van der Waals surface area contributed by atoms with Gasteiger partial charge >= 0.3 is 6.18 Å². The highest BCUT2D eigenvalue weighted by molar-refractivity contribution is 8.02. The summed E-state index contributed by atoms with van der Waals surface area (Å²) in [6.07, 6.45) is 5.83. The smallest absolute Gasteiger partial charge is 0.420 e. The van der Waals surface area contributed by atoms with Crippen molar-refractivity contribution in [1.29, 1.82) is 0 Å². The Labute approximate surface area is 184 Å². The van der Waals surface area contributed by atoms with Crippen LogP contribution in [0.2, 0.25) is 0 Å². The number of ether oxygens (including phenoxy) is 1. The van der Waals surface area contributed by atoms with Crippen LogP contribution < -0.4 is 10.1 Å². The van der Waals surface area contributed by atoms with Gasteiger partial charge in [0.05, 0.1) is 29.4 Å². The molecule has 9 heteroatoms. The lowest BCUT2D eigenvalue weighted by Crippen LogP contribution is -2.18. The molecule has 0 aliphatic heterocycles. The molecule has 1 heterocycles. The normalized spacial score (nSPS) is 15.9. The Kier molecular flexibility index (Phi) is 8.34. The molecule has 31 heavy (non-hydrogen) atoms. The molecule has 1 N–H and O–H groups in total. The number of benzene rings is 1. The van der Waals surface area contributed by atoms with Crippen molar-refractivity contribution in [3.8, 4) is 5.75 Å². The molecule has 1 aliphatic carbocycles. The van der Waals surface area contributed by atoms with E-state index < -0.39 is 11.7 Å². The third-order valence-corrected chi connectivity index (χ3v) is 5.63. The summed E-state index contributed by atoms with van der Waals surface area (Å²) >= 11 is 1.34. The lowest BCUT2D eigenvalue weighted by atomic mass is 10.1. The van der Waals surface area contributed by atoms with Crippen molar-refractivity contribution in [2.24, 2.45) is 4.99 Å². The van der Waals surface area contributed by atoms with Crippen LogP contribution in [0.3, 0.4) is 0 Å². The van der Waals surface area contributed by atoms with Gasteiger partial charge in [0, 0.05) is 23.5 Å². The minimum atomic E-state index is -4.49. The highest BCUT2D eigenvalue weighted by Gasteiger charge is 2.35. The van der Waals surface area contributed by atoms with E-state index in [0.717, 1.165) is 44.6 Å². The van der Waals surface area contributed by atoms with E-state index in [-0.39, 0.29) is 11.9 Å². The molecule has 1 fully saturated rings. The zero-order valence-electron chi connectivity index (χ0n) is 17.1. The van der Waals surface area contributed by atoms with Crippen LogP contribution in [0.25, 0.3) is 5.70 Å². The predicted octanol–water partition coefficient (Wildman–Crippen LogP) is 6.40. The number of alkyl halides is 3. The zero-order valence-corrected chi connectivity index (χ0v) is 17.9. The van der Waals surface area contributed by atoms with Gasteiger partial charge in [-0.05, 0) is 50.6 Å². The number of halogens is 3. The third kappa shape index (κ3) is 6.99. The highest BCUT2D eigenvalue weighted by atomic mass is 32.2. The first kappa shape index (κ1) is 23.1. The van der Waals surface area contributed by atoms with E-state index in [1.54, 1.807) is 30.1 Å². The molecule has 1 aromatic heterocycles. The van der Waals surface area contributed by atoms with Crippen molar-refractivity contribution in [3.63, 3.8) is 0 Å². The van der Waals surface area contributed by atoms with Crippen molar-refractivity contribution in [2.75, 3.05) is 11.2 Å². The van der Waals surface area contributed by atoms with Crippen LogP contribution in [0.1, 0.15) is 49.8 Å². The molecule has 0 bridgehead atoms. The number of hydrogen-bond donors (Lipinski definition) is 1. The fourth-order valence-electron chi connectivity index (χ4n) is 3.36. The highest BCUT2D eigenvalue weighted by Crippen LogP contribution is 2.39. The number of aliphatic imine (C=N–C) groups is 1. The second-order valence-electron chi connectivity index (χ2n) is 7.18. The first-order chi connectivity index (χ1) is 15.0. The van der Waals surface area contributed by atoms with Crippen molar-refractivity contribution in [2.45, 2.75) is 50.8 Å². The number of nitrogens with zero attached hydrogens (tertiary/aromatic N) is 3. The van der Waals surface area contributed by atoms with Gasteiger partial charge in [-0.25, -0.2) is 0 Å². The van der Waals surface area contributed by atoms with E-state index >= 15 is 0 Å². The van der Waals surface area contributed by atoms with Gasteiger partial charge in [-0.3, -0.25) is 15.0 Å². The summed E-state index contributed by atoms with van der Waals surface area (Å²) in [5.74, 6) is 0.248. The maximum atomic E-state index is 13.6. The topological polar surface area (TPSA) is 59.4 Å². The van der Waals surface area contributed by atoms with Crippen molar-refractivity contribution in [3.05, 3.63) is 53.5 Å². The summed E-state index contributed by atoms with van der Waals surface area (Å²) in [7, 11) is 0. The molecular weight excluding hydrogens is 425 g/mol. The van der Waals surface area contributed by atoms with Gasteiger partial charge in [0.2, 0.25) is 0 Å². The Hall–Kier alpha value is -2.55. The van der Waals surface area contributed by atoms with Gasteiger partial charge in [-0.1, -0.05) is 12.8 Å². The lowest BCUT2D eigenvalue weighted by molar-refractivity contribution is -0.139. The standard InChI is InChI=1S/C22H25F3N4OS/c1-26-20(19-13-27-10-11-28-19)14-31-15-29-16-8-9-21(18(12-16)22(23,24)25)30-17-6-4-2-3-5-7-17/h8-14,17,29H,1-7,15H2/b20-14-. The van der Waals surface area contributed by atoms with Gasteiger partial charge in [-0.2, -0.15) is 13.2 Å². The molecule has 0 spiro atoms. The van der Waals surface area contributed by atoms with Gasteiger partial charge in [0.15, 0.2) is 0 Å². The number of rotatable bonds is 8. The van der Waals surface area contributed by atoms with E-state index in [2.05, 4.69) is 27.0 Å². The van der Waals surface area contributed by atoms with E-state index in [1.165, 1.54) is 17.8 Å². The van der Waals surface area contributed by atoms with Crippen LogP contribution in [-0.2, 0) is 6.18 Å². The molecule has 3 rings (SSSR count). The molecule has 0 unspecified atom stereocenters. The number of nitrogens with one attached hydrogen (secondary N) is 1. The molecule has 1 aromatic carbocycles. The summed E-state index contributed by atoms with van der Waals surface area (Å²) in [4.78, 5) is 12.1. The van der Waals surface area contributed by atoms with E-state index in [4.69, 9.17) is 4.74 Å². The van der Waals surface area contributed by atoms with Crippen LogP contribution in [0.5, 0.6) is 5.75 Å². The fraction of sp³-hybridized carbons (Fsp3) is 0.409. The molecule has 0 radical (unpaired) electrons. The lowest BCUT2D eigenvalue weighted by Gasteiger charge is -2.21. The predicted molar refractivity (Wildman–Crippen MR) is 119 cm³/mol. The molecule has 5 nitrogen and oxygen atoms in total. The third-order valence-electron chi connectivity index (χ3n) is 4.93. The van der Waals surface area contributed by atoms with E-state index in [9.17, 15) is 13.2 Å². The largest absolute Gasteiger partial charge is 0.490 e. The molecule has 1 aliphatic rings. The number of hydrogen-bond acceptors (Lipinski definition) is 6. The van der Waals surface area contributed by atoms with Crippen LogP contribution in [0, 0.1) is 0 Å². The number of anilines is 1. The summed E-state index contributed by atoms with van der Waals surface area (Å²) in [5.41, 5.74) is 0.733. The molecule has 0 amide bonds. The minimum absolute atomic E-state index is 0.0988. The molecule has 166 valence electrons. The summed E-state index contributed by atoms with van der Waals surface area (Å²) in [6.45, 7) is 3.52. The maximum Gasteiger partial charge on any atom is 0.420 e. The first-order valence-electron chi connectivity index (χ1n) is 10.1. The van der Waals surface area contributed by atoms with Crippen LogP contribution >= 0.6 is 11.8 Å². The minimum Gasteiger partial charge on any atom is -0.490 e. The average Bonchev–Trinajstić information content (AvgIpc) is 3.03. The molecule has 2 aromatic rings. The van der Waals surface area contributed by atoms with Gasteiger partial charge in [-0.15, -0.1) is 11.8 Å². The maximum absolute atomic E-state index is 13.6. The Morgan fingerprint density at radius 3 is 2.65 bits per heavy atom. The van der Waals surface area contributed by atoms with Crippen LogP contribution in [-0.4, -0.2) is 28.7 Å². The fourth-order valence-corrected chi connectivity index (χ4v) is 4.05. The summed E-state index contributed by atoms with van der Waals surface area (Å²) < 4.78 is 46.7. The van der Waals surface area contributed by atoms with Crippen molar-refractivity contribution >= 4 is 29.9 Å². The van der Waals surface area contributed by atoms with Gasteiger partial charge < -0.3 is 10.1 Å². The Morgan fingerprint density at radius 2 is 2.00 bits per heavy atom. The second kappa shape index (κ2) is 11.2. The van der Waals surface area contributed by atoms with E-state index in [0.29, 0.717) is 23.0 Å². The zero-order chi connectivity index (χ0) is 22.1. The monoisotopic (exact) mass is 450 g/mol. The molecule has 1 saturated carbocycles. The second-order valence-corrected chi connectivity index (χ2v) is 8.04. The van der Waals surface area contributed by atoms with Gasteiger partial charge in [0.1, 0.15) is 11.4 Å². The van der Waals surface area contributed by atoms with Crippen LogP contribution in [0.15, 0.2) is 47.2 Å². The molecule has 0 saturated heterocycles. The number of thioether (sulfide) groups is 1. The quantitative estimate of drug-likeness (QED) is 0.218. The first-order valence-corrected chi connectivity index (χ1v) is 11.2. The Balaban J connectivity index is 1.65. The molecular formula is C22H25F3N4OS. The Morgan fingerprint density at radius 1 is 1.23 bits per heavy atom. The molecule has 0 atom stereocenters. The summed E-state index contributed by atoms with van der Waals surface area (Å²) in [6, 6.07) is 4.12. The summed E-state index contributed by atoms with van der Waals surface area (Å²) in [5, 5.41) is 4.73. The van der Waals surface area contributed by atoms with E-state index in [1.807, 2.05) is 0 Å². The van der Waals surface area contributed by atoms with Crippen LogP contribution in [0.4, 0.5) is 18.9 Å². The number of aromatic nitrogens is 2.